The van der Waals surface area contributed by atoms with Crippen molar-refractivity contribution in [1.82, 2.24) is 9.97 Å². The summed E-state index contributed by atoms with van der Waals surface area (Å²) in [6.07, 6.45) is 3.19. The van der Waals surface area contributed by atoms with Crippen molar-refractivity contribution in [2.75, 3.05) is 15.8 Å². The third-order valence-corrected chi connectivity index (χ3v) is 6.84. The number of hydrogen-bond acceptors (Lipinski definition) is 4. The van der Waals surface area contributed by atoms with Gasteiger partial charge in [0.25, 0.3) is 5.91 Å². The van der Waals surface area contributed by atoms with Crippen LogP contribution in [0.4, 0.5) is 24.5 Å². The lowest BCUT2D eigenvalue weighted by molar-refractivity contribution is 0.101. The number of amides is 1. The Bertz CT molecular complexity index is 1560. The van der Waals surface area contributed by atoms with E-state index in [1.807, 2.05) is 4.72 Å². The Kier molecular flexibility index (Phi) is 6.73. The molecule has 2 aromatic carbocycles. The number of hydrogen-bond donors (Lipinski definition) is 3. The van der Waals surface area contributed by atoms with Crippen LogP contribution in [0.2, 0.25) is 5.02 Å². The molecule has 0 unspecified atom stereocenters. The Hall–Kier alpha value is -3.57. The largest absolute Gasteiger partial charge is 0.346 e. The van der Waals surface area contributed by atoms with E-state index in [4.69, 9.17) is 11.6 Å². The van der Waals surface area contributed by atoms with Crippen molar-refractivity contribution >= 4 is 49.9 Å². The predicted molar refractivity (Wildman–Crippen MR) is 129 cm³/mol. The van der Waals surface area contributed by atoms with Crippen molar-refractivity contribution in [2.24, 2.45) is 0 Å². The van der Waals surface area contributed by atoms with Crippen LogP contribution in [-0.2, 0) is 10.0 Å². The van der Waals surface area contributed by atoms with Gasteiger partial charge in [0.05, 0.1) is 28.3 Å². The molecule has 0 saturated heterocycles. The summed E-state index contributed by atoms with van der Waals surface area (Å²) < 4.78 is 68.8. The lowest BCUT2D eigenvalue weighted by atomic mass is 10.1. The lowest BCUT2D eigenvalue weighted by Gasteiger charge is -2.12. The molecule has 35 heavy (non-hydrogen) atoms. The molecule has 2 aromatic heterocycles. The van der Waals surface area contributed by atoms with E-state index in [-0.39, 0.29) is 22.9 Å². The highest BCUT2D eigenvalue weighted by Crippen LogP contribution is 2.32. The van der Waals surface area contributed by atoms with Crippen molar-refractivity contribution in [1.29, 1.82) is 0 Å². The standard InChI is InChI=1S/C23H18ClF3N4O3S/c1-2-7-35(33,34)31-19-6-5-18(26)20(21(19)27)23(32)30-13-9-14-15(11-29-22(14)28-10-13)12-3-4-17(25)16(24)8-12/h3-6,8-11,31H,2,7H2,1H3,(H,28,29)(H,30,32). The van der Waals surface area contributed by atoms with Crippen molar-refractivity contribution in [3.63, 3.8) is 0 Å². The van der Waals surface area contributed by atoms with Gasteiger partial charge in [0.15, 0.2) is 5.82 Å². The number of fused-ring (bicyclic) bond motifs is 1. The minimum absolute atomic E-state index is 0.0744. The Balaban J connectivity index is 1.66. The van der Waals surface area contributed by atoms with E-state index in [1.54, 1.807) is 13.1 Å². The average Bonchev–Trinajstić information content (AvgIpc) is 3.21. The van der Waals surface area contributed by atoms with E-state index in [9.17, 15) is 26.4 Å². The zero-order valence-corrected chi connectivity index (χ0v) is 19.7. The first-order chi connectivity index (χ1) is 16.6. The summed E-state index contributed by atoms with van der Waals surface area (Å²) in [6.45, 7) is 1.63. The van der Waals surface area contributed by atoms with Gasteiger partial charge < -0.3 is 10.3 Å². The fraction of sp³-hybridized carbons (Fsp3) is 0.130. The predicted octanol–water partition coefficient (Wildman–Crippen LogP) is 5.70. The smallest absolute Gasteiger partial charge is 0.261 e. The minimum Gasteiger partial charge on any atom is -0.346 e. The van der Waals surface area contributed by atoms with Gasteiger partial charge in [-0.05, 0) is 42.3 Å². The molecule has 0 saturated carbocycles. The number of nitrogens with one attached hydrogen (secondary N) is 3. The number of aromatic amines is 1. The third kappa shape index (κ3) is 5.10. The van der Waals surface area contributed by atoms with E-state index < -0.39 is 44.6 Å². The van der Waals surface area contributed by atoms with E-state index in [1.165, 1.54) is 30.5 Å². The lowest BCUT2D eigenvalue weighted by Crippen LogP contribution is -2.20. The molecule has 7 nitrogen and oxygen atoms in total. The molecule has 0 atom stereocenters. The molecular formula is C23H18ClF3N4O3S. The number of benzene rings is 2. The summed E-state index contributed by atoms with van der Waals surface area (Å²) in [7, 11) is -3.87. The van der Waals surface area contributed by atoms with Crippen LogP contribution in [0.5, 0.6) is 0 Å². The highest BCUT2D eigenvalue weighted by molar-refractivity contribution is 7.92. The molecule has 0 bridgehead atoms. The molecule has 12 heteroatoms. The second-order valence-corrected chi connectivity index (χ2v) is 9.86. The number of nitrogens with zero attached hydrogens (tertiary/aromatic N) is 1. The highest BCUT2D eigenvalue weighted by Gasteiger charge is 2.23. The van der Waals surface area contributed by atoms with Crippen LogP contribution in [0.15, 0.2) is 48.8 Å². The molecule has 1 amide bonds. The van der Waals surface area contributed by atoms with E-state index in [2.05, 4.69) is 15.3 Å². The van der Waals surface area contributed by atoms with Crippen molar-refractivity contribution in [3.8, 4) is 11.1 Å². The quantitative estimate of drug-likeness (QED) is 0.289. The summed E-state index contributed by atoms with van der Waals surface area (Å²) in [5, 5.41) is 2.84. The summed E-state index contributed by atoms with van der Waals surface area (Å²) >= 11 is 5.88. The van der Waals surface area contributed by atoms with Crippen LogP contribution in [-0.4, -0.2) is 30.0 Å². The molecule has 0 aliphatic carbocycles. The topological polar surface area (TPSA) is 104 Å². The first-order valence-corrected chi connectivity index (χ1v) is 12.3. The van der Waals surface area contributed by atoms with Crippen LogP contribution >= 0.6 is 11.6 Å². The molecule has 0 fully saturated rings. The normalized spacial score (nSPS) is 11.6. The van der Waals surface area contributed by atoms with Gasteiger partial charge in [0.1, 0.15) is 22.8 Å². The van der Waals surface area contributed by atoms with Gasteiger partial charge >= 0.3 is 0 Å². The molecule has 4 aromatic rings. The first kappa shape index (κ1) is 24.6. The maximum Gasteiger partial charge on any atom is 0.261 e. The molecular weight excluding hydrogens is 505 g/mol. The minimum atomic E-state index is -3.87. The van der Waals surface area contributed by atoms with Crippen LogP contribution in [0.3, 0.4) is 0 Å². The summed E-state index contributed by atoms with van der Waals surface area (Å²) in [6, 6.07) is 7.38. The zero-order chi connectivity index (χ0) is 25.3. The number of H-pyrrole nitrogens is 1. The van der Waals surface area contributed by atoms with Gasteiger partial charge in [-0.25, -0.2) is 26.6 Å². The Labute approximate surface area is 203 Å². The highest BCUT2D eigenvalue weighted by atomic mass is 35.5. The van der Waals surface area contributed by atoms with Crippen LogP contribution in [0.25, 0.3) is 22.2 Å². The maximum atomic E-state index is 14.9. The van der Waals surface area contributed by atoms with Crippen LogP contribution in [0, 0.1) is 17.5 Å². The number of carbonyl (C=O) groups excluding carboxylic acids is 1. The number of pyridine rings is 1. The number of aromatic nitrogens is 2. The molecule has 3 N–H and O–H groups in total. The monoisotopic (exact) mass is 522 g/mol. The number of anilines is 2. The summed E-state index contributed by atoms with van der Waals surface area (Å²) in [5.74, 6) is -4.51. The van der Waals surface area contributed by atoms with Crippen molar-refractivity contribution < 1.29 is 26.4 Å². The zero-order valence-electron chi connectivity index (χ0n) is 18.1. The first-order valence-electron chi connectivity index (χ1n) is 10.3. The molecule has 0 spiro atoms. The van der Waals surface area contributed by atoms with Crippen molar-refractivity contribution in [3.05, 3.63) is 76.8 Å². The van der Waals surface area contributed by atoms with Gasteiger partial charge in [0, 0.05) is 17.1 Å². The average molecular weight is 523 g/mol. The maximum absolute atomic E-state index is 14.9. The van der Waals surface area contributed by atoms with Crippen molar-refractivity contribution in [2.45, 2.75) is 13.3 Å². The summed E-state index contributed by atoms with van der Waals surface area (Å²) in [4.78, 5) is 19.9. The molecule has 182 valence electrons. The van der Waals surface area contributed by atoms with Crippen LogP contribution in [0.1, 0.15) is 23.7 Å². The van der Waals surface area contributed by atoms with Gasteiger partial charge in [-0.15, -0.1) is 0 Å². The van der Waals surface area contributed by atoms with E-state index in [0.717, 1.165) is 12.1 Å². The number of rotatable bonds is 7. The fourth-order valence-corrected chi connectivity index (χ4v) is 4.81. The third-order valence-electron chi connectivity index (χ3n) is 5.08. The van der Waals surface area contributed by atoms with Crippen LogP contribution < -0.4 is 10.0 Å². The molecule has 4 rings (SSSR count). The Morgan fingerprint density at radius 2 is 1.86 bits per heavy atom. The van der Waals surface area contributed by atoms with Gasteiger partial charge in [0.2, 0.25) is 10.0 Å². The molecule has 0 radical (unpaired) electrons. The van der Waals surface area contributed by atoms with E-state index in [0.29, 0.717) is 22.2 Å². The number of sulfonamides is 1. The second kappa shape index (κ2) is 9.59. The van der Waals surface area contributed by atoms with Gasteiger partial charge in [-0.2, -0.15) is 0 Å². The SMILES string of the molecule is CCCS(=O)(=O)Nc1ccc(F)c(C(=O)Nc2cnc3[nH]cc(-c4ccc(F)c(Cl)c4)c3c2)c1F. The number of carbonyl (C=O) groups is 1. The second-order valence-electron chi connectivity index (χ2n) is 7.61. The summed E-state index contributed by atoms with van der Waals surface area (Å²) in [5.41, 5.74) is 0.254. The molecule has 2 heterocycles. The molecule has 0 aliphatic heterocycles. The Morgan fingerprint density at radius 3 is 2.57 bits per heavy atom. The fourth-order valence-electron chi connectivity index (χ4n) is 3.49. The number of halogens is 4. The molecule has 0 aliphatic rings. The Morgan fingerprint density at radius 1 is 1.11 bits per heavy atom. The van der Waals surface area contributed by atoms with Gasteiger partial charge in [-0.3, -0.25) is 9.52 Å². The van der Waals surface area contributed by atoms with Gasteiger partial charge in [-0.1, -0.05) is 24.6 Å². The van der Waals surface area contributed by atoms with E-state index >= 15 is 0 Å².